The summed E-state index contributed by atoms with van der Waals surface area (Å²) in [6.45, 7) is 5.40. The molecular weight excluding hydrogens is 356 g/mol. The smallest absolute Gasteiger partial charge is 0.272 e. The van der Waals surface area contributed by atoms with Crippen molar-refractivity contribution in [1.29, 1.82) is 0 Å². The van der Waals surface area contributed by atoms with E-state index in [0.29, 0.717) is 5.69 Å². The molecular formula is C18H18N2O3S2. The van der Waals surface area contributed by atoms with Crippen molar-refractivity contribution in [1.82, 2.24) is 0 Å². The molecule has 2 aromatic carbocycles. The number of hydrogen-bond acceptors (Lipinski definition) is 4. The third kappa shape index (κ3) is 3.48. The quantitative estimate of drug-likeness (QED) is 0.823. The first-order chi connectivity index (χ1) is 11.7. The average molecular weight is 374 g/mol. The van der Waals surface area contributed by atoms with Crippen molar-refractivity contribution in [3.05, 3.63) is 60.2 Å². The Morgan fingerprint density at radius 1 is 1.00 bits per heavy atom. The third-order valence-electron chi connectivity index (χ3n) is 3.79. The Bertz CT molecular complexity index is 934. The Morgan fingerprint density at radius 2 is 1.60 bits per heavy atom. The van der Waals surface area contributed by atoms with Gasteiger partial charge < -0.3 is 0 Å². The molecule has 1 aliphatic rings. The molecule has 0 unspecified atom stereocenters. The molecule has 5 nitrogen and oxygen atoms in total. The molecule has 3 rings (SSSR count). The highest BCUT2D eigenvalue weighted by atomic mass is 32.2. The van der Waals surface area contributed by atoms with Gasteiger partial charge in [0.25, 0.3) is 10.0 Å². The van der Waals surface area contributed by atoms with E-state index in [0.717, 1.165) is 17.3 Å². The van der Waals surface area contributed by atoms with Crippen molar-refractivity contribution in [2.75, 3.05) is 4.90 Å². The molecule has 1 fully saturated rings. The molecule has 1 amide bonds. The highest BCUT2D eigenvalue weighted by molar-refractivity contribution is 8.17. The van der Waals surface area contributed by atoms with Crippen LogP contribution in [-0.4, -0.2) is 24.2 Å². The number of carbonyl (C=O) groups excluding carboxylic acids is 1. The molecule has 7 heteroatoms. The summed E-state index contributed by atoms with van der Waals surface area (Å²) in [5.74, 6) is -0.193. The Labute approximate surface area is 151 Å². The molecule has 0 N–H and O–H groups in total. The Balaban J connectivity index is 2.08. The van der Waals surface area contributed by atoms with E-state index in [4.69, 9.17) is 0 Å². The molecule has 0 radical (unpaired) electrons. The van der Waals surface area contributed by atoms with E-state index in [-0.39, 0.29) is 16.0 Å². The van der Waals surface area contributed by atoms with Gasteiger partial charge in [0.1, 0.15) is 0 Å². The highest BCUT2D eigenvalue weighted by Crippen LogP contribution is 2.40. The van der Waals surface area contributed by atoms with E-state index in [1.165, 1.54) is 17.0 Å². The molecule has 0 saturated carbocycles. The number of anilines is 1. The second kappa shape index (κ2) is 6.31. The summed E-state index contributed by atoms with van der Waals surface area (Å²) in [5.41, 5.74) is 1.56. The zero-order chi connectivity index (χ0) is 18.2. The van der Waals surface area contributed by atoms with Crippen LogP contribution in [0.2, 0.25) is 0 Å². The van der Waals surface area contributed by atoms with Crippen LogP contribution in [-0.2, 0) is 14.8 Å². The number of para-hydroxylation sites is 1. The highest BCUT2D eigenvalue weighted by Gasteiger charge is 2.46. The van der Waals surface area contributed by atoms with Crippen LogP contribution in [0, 0.1) is 6.92 Å². The zero-order valence-corrected chi connectivity index (χ0v) is 15.8. The Hall–Kier alpha value is -2.12. The standard InChI is InChI=1S/C18H18N2O3S2/c1-13-9-11-15(12-10-13)25(22,23)19-17-20(14-7-5-4-6-8-14)16(21)18(2,3)24-17/h4-12H,1-3H3/b19-17-. The molecule has 0 spiro atoms. The minimum atomic E-state index is -3.90. The van der Waals surface area contributed by atoms with Gasteiger partial charge in [0.05, 0.1) is 15.3 Å². The molecule has 1 saturated heterocycles. The van der Waals surface area contributed by atoms with Crippen LogP contribution in [0.25, 0.3) is 0 Å². The second-order valence-electron chi connectivity index (χ2n) is 6.25. The first-order valence-electron chi connectivity index (χ1n) is 7.71. The molecule has 130 valence electrons. The first-order valence-corrected chi connectivity index (χ1v) is 9.97. The molecule has 0 aromatic heterocycles. The SMILES string of the molecule is Cc1ccc(S(=O)(=O)/N=C2\SC(C)(C)C(=O)N2c2ccccc2)cc1. The van der Waals surface area contributed by atoms with Crippen molar-refractivity contribution in [2.45, 2.75) is 30.4 Å². The van der Waals surface area contributed by atoms with Crippen LogP contribution in [0.5, 0.6) is 0 Å². The number of amidine groups is 1. The molecule has 0 bridgehead atoms. The van der Waals surface area contributed by atoms with E-state index in [2.05, 4.69) is 4.40 Å². The molecule has 1 aliphatic heterocycles. The van der Waals surface area contributed by atoms with Gasteiger partial charge in [0.15, 0.2) is 5.17 Å². The third-order valence-corrected chi connectivity index (χ3v) is 6.33. The van der Waals surface area contributed by atoms with Crippen LogP contribution < -0.4 is 4.90 Å². The molecule has 0 atom stereocenters. The van der Waals surface area contributed by atoms with Crippen molar-refractivity contribution < 1.29 is 13.2 Å². The summed E-state index contributed by atoms with van der Waals surface area (Å²) < 4.78 is 28.5. The lowest BCUT2D eigenvalue weighted by atomic mass is 10.1. The fourth-order valence-electron chi connectivity index (χ4n) is 2.40. The zero-order valence-electron chi connectivity index (χ0n) is 14.1. The summed E-state index contributed by atoms with van der Waals surface area (Å²) >= 11 is 1.15. The number of aryl methyl sites for hydroxylation is 1. The lowest BCUT2D eigenvalue weighted by Crippen LogP contribution is -2.36. The van der Waals surface area contributed by atoms with Gasteiger partial charge in [0.2, 0.25) is 5.91 Å². The topological polar surface area (TPSA) is 66.8 Å². The lowest BCUT2D eigenvalue weighted by Gasteiger charge is -2.17. The number of carbonyl (C=O) groups is 1. The van der Waals surface area contributed by atoms with E-state index < -0.39 is 14.8 Å². The number of rotatable bonds is 3. The fraction of sp³-hybridized carbons (Fsp3) is 0.222. The van der Waals surface area contributed by atoms with E-state index in [9.17, 15) is 13.2 Å². The number of benzene rings is 2. The van der Waals surface area contributed by atoms with Crippen LogP contribution in [0.3, 0.4) is 0 Å². The van der Waals surface area contributed by atoms with Gasteiger partial charge in [-0.1, -0.05) is 47.7 Å². The van der Waals surface area contributed by atoms with Crippen molar-refractivity contribution in [3.63, 3.8) is 0 Å². The number of nitrogens with zero attached hydrogens (tertiary/aromatic N) is 2. The summed E-state index contributed by atoms with van der Waals surface area (Å²) in [6, 6.07) is 15.4. The molecule has 2 aromatic rings. The van der Waals surface area contributed by atoms with Crippen molar-refractivity contribution in [3.8, 4) is 0 Å². The number of hydrogen-bond donors (Lipinski definition) is 0. The molecule has 1 heterocycles. The number of sulfonamides is 1. The van der Waals surface area contributed by atoms with Gasteiger partial charge in [-0.2, -0.15) is 8.42 Å². The van der Waals surface area contributed by atoms with Crippen LogP contribution >= 0.6 is 11.8 Å². The van der Waals surface area contributed by atoms with Gasteiger partial charge in [-0.15, -0.1) is 4.40 Å². The predicted octanol–water partition coefficient (Wildman–Crippen LogP) is 3.60. The fourth-order valence-corrected chi connectivity index (χ4v) is 4.63. The van der Waals surface area contributed by atoms with Gasteiger partial charge in [-0.3, -0.25) is 9.69 Å². The first kappa shape index (κ1) is 17.7. The molecule has 25 heavy (non-hydrogen) atoms. The maximum Gasteiger partial charge on any atom is 0.284 e. The van der Waals surface area contributed by atoms with E-state index in [1.54, 1.807) is 50.2 Å². The Kier molecular flexibility index (Phi) is 4.47. The minimum absolute atomic E-state index is 0.108. The summed E-state index contributed by atoms with van der Waals surface area (Å²) in [6.07, 6.45) is 0. The monoisotopic (exact) mass is 374 g/mol. The summed E-state index contributed by atoms with van der Waals surface area (Å²) in [7, 11) is -3.90. The summed E-state index contributed by atoms with van der Waals surface area (Å²) in [4.78, 5) is 14.2. The van der Waals surface area contributed by atoms with Crippen molar-refractivity contribution in [2.24, 2.45) is 4.40 Å². The van der Waals surface area contributed by atoms with Gasteiger partial charge in [-0.05, 0) is 45.0 Å². The number of thioether (sulfide) groups is 1. The van der Waals surface area contributed by atoms with Gasteiger partial charge >= 0.3 is 0 Å². The second-order valence-corrected chi connectivity index (χ2v) is 9.44. The largest absolute Gasteiger partial charge is 0.284 e. The summed E-state index contributed by atoms with van der Waals surface area (Å²) in [5, 5.41) is 0.168. The lowest BCUT2D eigenvalue weighted by molar-refractivity contribution is -0.118. The normalized spacial score (nSPS) is 18.8. The maximum atomic E-state index is 12.7. The minimum Gasteiger partial charge on any atom is -0.272 e. The van der Waals surface area contributed by atoms with Gasteiger partial charge in [0, 0.05) is 0 Å². The predicted molar refractivity (Wildman–Crippen MR) is 101 cm³/mol. The molecule has 0 aliphatic carbocycles. The van der Waals surface area contributed by atoms with Crippen LogP contribution in [0.4, 0.5) is 5.69 Å². The van der Waals surface area contributed by atoms with E-state index in [1.807, 2.05) is 13.0 Å². The average Bonchev–Trinajstić information content (AvgIpc) is 2.77. The van der Waals surface area contributed by atoms with Crippen molar-refractivity contribution >= 4 is 38.5 Å². The maximum absolute atomic E-state index is 12.7. The number of amides is 1. The van der Waals surface area contributed by atoms with Crippen LogP contribution in [0.15, 0.2) is 63.9 Å². The van der Waals surface area contributed by atoms with Gasteiger partial charge in [-0.25, -0.2) is 0 Å². The Morgan fingerprint density at radius 3 is 2.20 bits per heavy atom. The van der Waals surface area contributed by atoms with Crippen LogP contribution in [0.1, 0.15) is 19.4 Å². The van der Waals surface area contributed by atoms with E-state index >= 15 is 0 Å².